The molecule has 2 rings (SSSR count). The normalized spacial score (nSPS) is 17.5. The largest absolute Gasteiger partial charge is 0.388 e. The topological polar surface area (TPSA) is 21.3 Å². The molecule has 0 aromatic heterocycles. The molecule has 0 unspecified atom stereocenters. The van der Waals surface area contributed by atoms with E-state index in [0.717, 1.165) is 30.3 Å². The zero-order valence-corrected chi connectivity index (χ0v) is 12.7. The summed E-state index contributed by atoms with van der Waals surface area (Å²) in [7, 11) is 6.67. The summed E-state index contributed by atoms with van der Waals surface area (Å²) in [4.78, 5) is 0. The molecule has 1 aromatic carbocycles. The fourth-order valence-corrected chi connectivity index (χ4v) is 3.09. The van der Waals surface area contributed by atoms with Crippen LogP contribution in [0.2, 0.25) is 0 Å². The lowest BCUT2D eigenvalue weighted by Crippen LogP contribution is -2.50. The van der Waals surface area contributed by atoms with Crippen LogP contribution in [0.1, 0.15) is 24.0 Å². The molecule has 0 spiro atoms. The Kier molecular flexibility index (Phi) is 4.48. The zero-order chi connectivity index (χ0) is 13.9. The van der Waals surface area contributed by atoms with Crippen molar-refractivity contribution in [3.63, 3.8) is 0 Å². The van der Waals surface area contributed by atoms with Crippen LogP contribution < -0.4 is 5.32 Å². The van der Waals surface area contributed by atoms with Gasteiger partial charge >= 0.3 is 0 Å². The molecule has 1 aliphatic heterocycles. The number of hydrogen-bond donors (Lipinski definition) is 1. The molecule has 1 aliphatic rings. The quantitative estimate of drug-likeness (QED) is 0.843. The first-order valence-corrected chi connectivity index (χ1v) is 7.20. The van der Waals surface area contributed by atoms with E-state index in [1.165, 1.54) is 29.7 Å². The van der Waals surface area contributed by atoms with E-state index in [-0.39, 0.29) is 0 Å². The van der Waals surface area contributed by atoms with Crippen molar-refractivity contribution in [3.8, 4) is 0 Å². The van der Waals surface area contributed by atoms with Crippen molar-refractivity contribution in [2.24, 2.45) is 0 Å². The third-order valence-corrected chi connectivity index (χ3v) is 4.33. The van der Waals surface area contributed by atoms with Crippen molar-refractivity contribution in [1.82, 2.24) is 0 Å². The molecule has 1 aromatic rings. The average Bonchev–Trinajstić information content (AvgIpc) is 2.39. The second kappa shape index (κ2) is 5.93. The summed E-state index contributed by atoms with van der Waals surface area (Å²) < 4.78 is 6.53. The highest BCUT2D eigenvalue weighted by molar-refractivity contribution is 5.51. The Morgan fingerprint density at radius 1 is 1.26 bits per heavy atom. The Labute approximate surface area is 117 Å². The van der Waals surface area contributed by atoms with Gasteiger partial charge in [-0.2, -0.15) is 0 Å². The summed E-state index contributed by atoms with van der Waals surface area (Å²) in [6.07, 6.45) is 2.36. The Bertz CT molecular complexity index is 423. The summed E-state index contributed by atoms with van der Waals surface area (Å²) in [5.74, 6) is 0. The second-order valence-electron chi connectivity index (χ2n) is 6.18. The first-order chi connectivity index (χ1) is 9.03. The molecule has 1 heterocycles. The van der Waals surface area contributed by atoms with Crippen LogP contribution in [-0.4, -0.2) is 44.9 Å². The number of ether oxygens (including phenoxy) is 1. The van der Waals surface area contributed by atoms with Crippen LogP contribution in [0, 0.1) is 6.92 Å². The van der Waals surface area contributed by atoms with Crippen molar-refractivity contribution in [2.45, 2.75) is 32.4 Å². The van der Waals surface area contributed by atoms with Crippen molar-refractivity contribution in [2.75, 3.05) is 39.7 Å². The van der Waals surface area contributed by atoms with Gasteiger partial charge in [0.1, 0.15) is 6.54 Å². The highest BCUT2D eigenvalue weighted by Crippen LogP contribution is 2.24. The smallest absolute Gasteiger partial charge is 0.104 e. The lowest BCUT2D eigenvalue weighted by atomic mass is 10.0. The van der Waals surface area contributed by atoms with Gasteiger partial charge in [-0.15, -0.1) is 0 Å². The van der Waals surface area contributed by atoms with Crippen molar-refractivity contribution in [1.29, 1.82) is 0 Å². The maximum Gasteiger partial charge on any atom is 0.104 e. The highest BCUT2D eigenvalue weighted by Gasteiger charge is 2.30. The van der Waals surface area contributed by atoms with Crippen LogP contribution in [0.15, 0.2) is 18.2 Å². The molecule has 1 N–H and O–H groups in total. The van der Waals surface area contributed by atoms with Gasteiger partial charge in [-0.3, -0.25) is 0 Å². The summed E-state index contributed by atoms with van der Waals surface area (Å²) in [5, 5.41) is 3.23. The minimum absolute atomic E-state index is 0.720. The van der Waals surface area contributed by atoms with Gasteiger partial charge in [0.05, 0.1) is 33.4 Å². The number of nitrogens with one attached hydrogen (secondary N) is 1. The number of aryl methyl sites for hydroxylation is 1. The standard InChI is InChI=1S/C16H27N2O/c1-13-11-14(5-6-16(13)17-2)12-18(3,4)15-7-9-19-10-8-15/h5-6,11,15,17H,7-10,12H2,1-4H3/q+1. The van der Waals surface area contributed by atoms with Gasteiger partial charge in [0, 0.05) is 31.1 Å². The average molecular weight is 263 g/mol. The molecular formula is C16H27N2O+. The Morgan fingerprint density at radius 2 is 1.95 bits per heavy atom. The van der Waals surface area contributed by atoms with E-state index in [1.807, 2.05) is 7.05 Å². The molecule has 0 atom stereocenters. The number of rotatable bonds is 4. The molecule has 3 heteroatoms. The van der Waals surface area contributed by atoms with Gasteiger partial charge in [0.15, 0.2) is 0 Å². The molecular weight excluding hydrogens is 236 g/mol. The predicted octanol–water partition coefficient (Wildman–Crippen LogP) is 2.79. The van der Waals surface area contributed by atoms with Crippen molar-refractivity contribution < 1.29 is 9.22 Å². The number of hydrogen-bond acceptors (Lipinski definition) is 2. The predicted molar refractivity (Wildman–Crippen MR) is 80.4 cm³/mol. The SMILES string of the molecule is CNc1ccc(C[N+](C)(C)C2CCOCC2)cc1C. The molecule has 0 saturated carbocycles. The lowest BCUT2D eigenvalue weighted by molar-refractivity contribution is -0.929. The Hall–Kier alpha value is -1.06. The maximum atomic E-state index is 5.48. The fraction of sp³-hybridized carbons (Fsp3) is 0.625. The number of benzene rings is 1. The van der Waals surface area contributed by atoms with E-state index >= 15 is 0 Å². The van der Waals surface area contributed by atoms with E-state index in [4.69, 9.17) is 4.74 Å². The van der Waals surface area contributed by atoms with Gasteiger partial charge < -0.3 is 14.5 Å². The van der Waals surface area contributed by atoms with Crippen molar-refractivity contribution in [3.05, 3.63) is 29.3 Å². The first kappa shape index (κ1) is 14.4. The third kappa shape index (κ3) is 3.48. The van der Waals surface area contributed by atoms with Gasteiger partial charge in [-0.05, 0) is 24.6 Å². The first-order valence-electron chi connectivity index (χ1n) is 7.20. The number of anilines is 1. The van der Waals surface area contributed by atoms with Crippen LogP contribution in [0.25, 0.3) is 0 Å². The molecule has 19 heavy (non-hydrogen) atoms. The van der Waals surface area contributed by atoms with Crippen molar-refractivity contribution >= 4 is 5.69 Å². The molecule has 0 bridgehead atoms. The maximum absolute atomic E-state index is 5.48. The van der Waals surface area contributed by atoms with Crippen LogP contribution in [0.5, 0.6) is 0 Å². The molecule has 1 fully saturated rings. The lowest BCUT2D eigenvalue weighted by Gasteiger charge is -2.40. The van der Waals surface area contributed by atoms with Crippen LogP contribution in [0.3, 0.4) is 0 Å². The van der Waals surface area contributed by atoms with Gasteiger partial charge in [-0.25, -0.2) is 0 Å². The third-order valence-electron chi connectivity index (χ3n) is 4.33. The van der Waals surface area contributed by atoms with Gasteiger partial charge in [0.2, 0.25) is 0 Å². The summed E-state index contributed by atoms with van der Waals surface area (Å²) in [6, 6.07) is 7.47. The molecule has 3 nitrogen and oxygen atoms in total. The van der Waals surface area contributed by atoms with E-state index in [1.54, 1.807) is 0 Å². The van der Waals surface area contributed by atoms with Gasteiger partial charge in [0.25, 0.3) is 0 Å². The Morgan fingerprint density at radius 3 is 2.53 bits per heavy atom. The van der Waals surface area contributed by atoms with E-state index in [2.05, 4.69) is 44.5 Å². The number of nitrogens with zero attached hydrogens (tertiary/aromatic N) is 1. The molecule has 0 aliphatic carbocycles. The Balaban J connectivity index is 2.08. The highest BCUT2D eigenvalue weighted by atomic mass is 16.5. The zero-order valence-electron chi connectivity index (χ0n) is 12.7. The summed E-state index contributed by atoms with van der Waals surface area (Å²) in [6.45, 7) is 5.10. The number of quaternary nitrogens is 1. The van der Waals surface area contributed by atoms with Crippen LogP contribution in [-0.2, 0) is 11.3 Å². The summed E-state index contributed by atoms with van der Waals surface area (Å²) >= 11 is 0. The van der Waals surface area contributed by atoms with E-state index < -0.39 is 0 Å². The van der Waals surface area contributed by atoms with Crippen LogP contribution >= 0.6 is 0 Å². The molecule has 0 radical (unpaired) electrons. The monoisotopic (exact) mass is 263 g/mol. The minimum Gasteiger partial charge on any atom is -0.388 e. The fourth-order valence-electron chi connectivity index (χ4n) is 3.09. The molecule has 0 amide bonds. The molecule has 1 saturated heterocycles. The van der Waals surface area contributed by atoms with E-state index in [9.17, 15) is 0 Å². The molecule has 106 valence electrons. The van der Waals surface area contributed by atoms with Gasteiger partial charge in [-0.1, -0.05) is 6.07 Å². The van der Waals surface area contributed by atoms with E-state index in [0.29, 0.717) is 0 Å². The second-order valence-corrected chi connectivity index (χ2v) is 6.18. The minimum atomic E-state index is 0.720. The summed E-state index contributed by atoms with van der Waals surface area (Å²) in [5.41, 5.74) is 3.97. The van der Waals surface area contributed by atoms with Crippen LogP contribution in [0.4, 0.5) is 5.69 Å².